The first-order chi connectivity index (χ1) is 30.0. The molecule has 0 fully saturated rings. The largest absolute Gasteiger partial charge is 0.264 e. The van der Waals surface area contributed by atoms with Crippen LogP contribution in [0.4, 0.5) is 0 Å². The van der Waals surface area contributed by atoms with Gasteiger partial charge >= 0.3 is 0 Å². The molecule has 0 amide bonds. The molecule has 0 N–H and O–H groups in total. The lowest BCUT2D eigenvalue weighted by Crippen LogP contribution is -2.00. The van der Waals surface area contributed by atoms with E-state index in [1.165, 1.54) is 27.8 Å². The number of allylic oxidation sites excluding steroid dienone is 3. The molecule has 4 nitrogen and oxygen atoms in total. The molecule has 2 aromatic heterocycles. The highest BCUT2D eigenvalue weighted by Gasteiger charge is 2.18. The number of fused-ring (bicyclic) bond motifs is 1. The van der Waals surface area contributed by atoms with Crippen molar-refractivity contribution in [3.05, 3.63) is 204 Å². The van der Waals surface area contributed by atoms with E-state index in [0.29, 0.717) is 17.5 Å². The summed E-state index contributed by atoms with van der Waals surface area (Å²) in [5.74, 6) is 1.87. The summed E-state index contributed by atoms with van der Waals surface area (Å²) in [6.07, 6.45) is 21.1. The zero-order valence-electron chi connectivity index (χ0n) is 34.8. The van der Waals surface area contributed by atoms with E-state index >= 15 is 0 Å². The molecule has 0 bridgehead atoms. The Morgan fingerprint density at radius 3 is 1.62 bits per heavy atom. The fraction of sp³-hybridized carbons (Fsp3) is 0.0877. The molecule has 0 spiro atoms. The van der Waals surface area contributed by atoms with Gasteiger partial charge in [-0.2, -0.15) is 0 Å². The maximum Gasteiger partial charge on any atom is 0.164 e. The molecule has 0 saturated carbocycles. The predicted octanol–water partition coefficient (Wildman–Crippen LogP) is 14.9. The van der Waals surface area contributed by atoms with Crippen LogP contribution in [0.25, 0.3) is 103 Å². The zero-order chi connectivity index (χ0) is 41.7. The van der Waals surface area contributed by atoms with Crippen molar-refractivity contribution < 1.29 is 0 Å². The number of hydrogen-bond donors (Lipinski definition) is 0. The van der Waals surface area contributed by atoms with Gasteiger partial charge < -0.3 is 0 Å². The van der Waals surface area contributed by atoms with Crippen molar-refractivity contribution in [1.82, 2.24) is 19.9 Å². The van der Waals surface area contributed by atoms with Crippen LogP contribution in [0.1, 0.15) is 53.6 Å². The Balaban J connectivity index is 1.20. The molecule has 0 unspecified atom stereocenters. The number of pyridine rings is 1. The lowest BCUT2D eigenvalue weighted by Gasteiger charge is -2.18. The third-order valence-corrected chi connectivity index (χ3v) is 11.4. The molecule has 1 aliphatic rings. The Morgan fingerprint density at radius 1 is 0.525 bits per heavy atom. The summed E-state index contributed by atoms with van der Waals surface area (Å²) in [5.41, 5.74) is 19.0. The molecule has 294 valence electrons. The van der Waals surface area contributed by atoms with Crippen LogP contribution in [0.5, 0.6) is 0 Å². The van der Waals surface area contributed by atoms with Crippen molar-refractivity contribution in [2.45, 2.75) is 33.6 Å². The van der Waals surface area contributed by atoms with Crippen LogP contribution in [0.2, 0.25) is 0 Å². The third kappa shape index (κ3) is 7.96. The molecule has 9 rings (SSSR count). The number of aryl methyl sites for hydroxylation is 2. The third-order valence-electron chi connectivity index (χ3n) is 11.4. The Morgan fingerprint density at radius 2 is 1.05 bits per heavy atom. The number of rotatable bonds is 10. The standard InChI is InChI=1S/C57H46N4/c1-5-16-50-38(4)32-39(7-3)52(17-6-2)54(50)43-30-26-41(27-31-43)48-33-47(40-24-28-42(29-25-40)53-37-58-36-46-22-14-15-23-51(46)53)34-49(35-48)57-60-55(44-18-10-8-11-19-44)59-56(61-57)45-20-12-9-13-21-45/h5-13,15-21,23-37H,3,14,22H2,1-2,4H3/b16-5-,17-6-. The number of benzene rings is 6. The van der Waals surface area contributed by atoms with E-state index in [1.54, 1.807) is 0 Å². The smallest absolute Gasteiger partial charge is 0.164 e. The minimum absolute atomic E-state index is 0.613. The van der Waals surface area contributed by atoms with Gasteiger partial charge in [0.05, 0.1) is 0 Å². The maximum absolute atomic E-state index is 5.14. The molecule has 2 heterocycles. The van der Waals surface area contributed by atoms with Gasteiger partial charge in [0.1, 0.15) is 0 Å². The molecular weight excluding hydrogens is 741 g/mol. The van der Waals surface area contributed by atoms with Crippen molar-refractivity contribution in [1.29, 1.82) is 0 Å². The molecule has 0 radical (unpaired) electrons. The van der Waals surface area contributed by atoms with Gasteiger partial charge in [-0.1, -0.05) is 164 Å². The number of nitrogens with zero attached hydrogens (tertiary/aromatic N) is 4. The predicted molar refractivity (Wildman–Crippen MR) is 257 cm³/mol. The number of aromatic nitrogens is 4. The molecule has 8 aromatic rings. The number of hydrogen-bond acceptors (Lipinski definition) is 4. The monoisotopic (exact) mass is 786 g/mol. The SMILES string of the molecule is C=Cc1cc(C)c(/C=C\C)c(-c2ccc(-c3cc(-c4ccc(-c5cncc6c5C=CCC6)cc4)cc(-c4nc(-c5ccccc5)nc(-c5ccccc5)n4)c3)cc2)c1/C=C\C. The highest BCUT2D eigenvalue weighted by Crippen LogP contribution is 2.39. The van der Waals surface area contributed by atoms with Crippen LogP contribution < -0.4 is 0 Å². The van der Waals surface area contributed by atoms with Crippen LogP contribution in [-0.2, 0) is 6.42 Å². The van der Waals surface area contributed by atoms with Gasteiger partial charge in [-0.15, -0.1) is 0 Å². The summed E-state index contributed by atoms with van der Waals surface area (Å²) in [6.45, 7) is 10.5. The molecule has 61 heavy (non-hydrogen) atoms. The quantitative estimate of drug-likeness (QED) is 0.139. The van der Waals surface area contributed by atoms with Crippen molar-refractivity contribution in [2.75, 3.05) is 0 Å². The second-order valence-corrected chi connectivity index (χ2v) is 15.4. The minimum Gasteiger partial charge on any atom is -0.264 e. The Bertz CT molecular complexity index is 2920. The Hall–Kier alpha value is -7.56. The van der Waals surface area contributed by atoms with Crippen molar-refractivity contribution in [3.8, 4) is 78.7 Å². The second-order valence-electron chi connectivity index (χ2n) is 15.4. The van der Waals surface area contributed by atoms with Gasteiger partial charge in [0.25, 0.3) is 0 Å². The Kier molecular flexibility index (Phi) is 11.1. The lowest BCUT2D eigenvalue weighted by molar-refractivity contribution is 0.972. The van der Waals surface area contributed by atoms with Crippen molar-refractivity contribution >= 4 is 24.3 Å². The summed E-state index contributed by atoms with van der Waals surface area (Å²) in [6, 6.07) is 47.0. The van der Waals surface area contributed by atoms with Gasteiger partial charge in [-0.25, -0.2) is 15.0 Å². The lowest BCUT2D eigenvalue weighted by atomic mass is 9.86. The summed E-state index contributed by atoms with van der Waals surface area (Å²) in [5, 5.41) is 0. The van der Waals surface area contributed by atoms with Crippen LogP contribution in [-0.4, -0.2) is 19.9 Å². The summed E-state index contributed by atoms with van der Waals surface area (Å²) in [7, 11) is 0. The van der Waals surface area contributed by atoms with E-state index in [1.807, 2.05) is 79.1 Å². The maximum atomic E-state index is 5.14. The zero-order valence-corrected chi connectivity index (χ0v) is 34.8. The van der Waals surface area contributed by atoms with Crippen LogP contribution in [0, 0.1) is 6.92 Å². The van der Waals surface area contributed by atoms with E-state index in [2.05, 4.69) is 142 Å². The van der Waals surface area contributed by atoms with Gasteiger partial charge in [0.15, 0.2) is 17.5 Å². The summed E-state index contributed by atoms with van der Waals surface area (Å²) >= 11 is 0. The molecule has 0 atom stereocenters. The fourth-order valence-electron chi connectivity index (χ4n) is 8.36. The van der Waals surface area contributed by atoms with E-state index in [4.69, 9.17) is 15.0 Å². The highest BCUT2D eigenvalue weighted by molar-refractivity contribution is 5.90. The minimum atomic E-state index is 0.613. The van der Waals surface area contributed by atoms with E-state index in [-0.39, 0.29) is 0 Å². The molecule has 1 aliphatic carbocycles. The van der Waals surface area contributed by atoms with E-state index in [0.717, 1.165) is 79.6 Å². The van der Waals surface area contributed by atoms with Gasteiger partial charge in [-0.05, 0) is 124 Å². The first-order valence-corrected chi connectivity index (χ1v) is 20.9. The van der Waals surface area contributed by atoms with Crippen molar-refractivity contribution in [3.63, 3.8) is 0 Å². The first kappa shape index (κ1) is 38.9. The molecule has 6 aromatic carbocycles. The van der Waals surface area contributed by atoms with Gasteiger partial charge in [-0.3, -0.25) is 4.98 Å². The fourth-order valence-corrected chi connectivity index (χ4v) is 8.36. The summed E-state index contributed by atoms with van der Waals surface area (Å²) < 4.78 is 0. The van der Waals surface area contributed by atoms with Gasteiger partial charge in [0, 0.05) is 34.6 Å². The van der Waals surface area contributed by atoms with E-state index in [9.17, 15) is 0 Å². The van der Waals surface area contributed by atoms with Crippen LogP contribution in [0.3, 0.4) is 0 Å². The topological polar surface area (TPSA) is 51.6 Å². The van der Waals surface area contributed by atoms with E-state index < -0.39 is 0 Å². The van der Waals surface area contributed by atoms with Crippen LogP contribution in [0.15, 0.2) is 171 Å². The first-order valence-electron chi connectivity index (χ1n) is 20.9. The van der Waals surface area contributed by atoms with Crippen LogP contribution >= 0.6 is 0 Å². The molecule has 0 aliphatic heterocycles. The highest BCUT2D eigenvalue weighted by atomic mass is 15.0. The Labute approximate surface area is 359 Å². The normalized spacial score (nSPS) is 12.2. The second kappa shape index (κ2) is 17.3. The molecule has 4 heteroatoms. The molecule has 0 saturated heterocycles. The average Bonchev–Trinajstić information content (AvgIpc) is 3.33. The van der Waals surface area contributed by atoms with Gasteiger partial charge in [0.2, 0.25) is 0 Å². The molecular formula is C57H46N4. The summed E-state index contributed by atoms with van der Waals surface area (Å²) in [4.78, 5) is 19.9. The van der Waals surface area contributed by atoms with Crippen molar-refractivity contribution in [2.24, 2.45) is 0 Å². The average molecular weight is 787 g/mol.